The molecule has 1 aromatic heterocycles. The highest BCUT2D eigenvalue weighted by molar-refractivity contribution is 14.0. The van der Waals surface area contributed by atoms with Crippen molar-refractivity contribution < 1.29 is 4.79 Å². The Kier molecular flexibility index (Phi) is 9.32. The van der Waals surface area contributed by atoms with Crippen molar-refractivity contribution in [2.75, 3.05) is 26.2 Å². The van der Waals surface area contributed by atoms with Crippen molar-refractivity contribution in [1.29, 1.82) is 0 Å². The number of nitrogens with two attached hydrogens (primary N) is 1. The van der Waals surface area contributed by atoms with Crippen LogP contribution in [0.5, 0.6) is 0 Å². The number of benzene rings is 1. The number of amides is 1. The Morgan fingerprint density at radius 2 is 2.17 bits per heavy atom. The molecule has 1 aliphatic heterocycles. The summed E-state index contributed by atoms with van der Waals surface area (Å²) in [5.74, 6) is 1.29. The molecular formula is C19H29IN8O. The normalized spacial score (nSPS) is 15.6. The molecule has 1 saturated heterocycles. The number of aromatic amines is 1. The molecular weight excluding hydrogens is 483 g/mol. The van der Waals surface area contributed by atoms with Crippen LogP contribution in [0.3, 0.4) is 0 Å². The highest BCUT2D eigenvalue weighted by atomic mass is 127. The summed E-state index contributed by atoms with van der Waals surface area (Å²) in [5.41, 5.74) is 7.37. The third-order valence-corrected chi connectivity index (χ3v) is 4.69. The van der Waals surface area contributed by atoms with Crippen LogP contribution in [0.1, 0.15) is 25.3 Å². The van der Waals surface area contributed by atoms with Gasteiger partial charge in [-0.15, -0.1) is 24.0 Å². The Balaban J connectivity index is 0.00000300. The molecule has 0 unspecified atom stereocenters. The quantitative estimate of drug-likeness (QED) is 0.250. The molecule has 0 bridgehead atoms. The molecule has 0 atom stereocenters. The fourth-order valence-electron chi connectivity index (χ4n) is 3.30. The molecule has 158 valence electrons. The Labute approximate surface area is 188 Å². The number of primary amides is 1. The summed E-state index contributed by atoms with van der Waals surface area (Å²) in [5, 5.41) is 13.6. The first-order valence-electron chi connectivity index (χ1n) is 9.64. The Hall–Kier alpha value is -2.21. The number of rotatable bonds is 7. The summed E-state index contributed by atoms with van der Waals surface area (Å²) in [6, 6.07) is 8.45. The summed E-state index contributed by atoms with van der Waals surface area (Å²) in [4.78, 5) is 22.1. The molecule has 10 heteroatoms. The molecule has 0 aliphatic carbocycles. The summed E-state index contributed by atoms with van der Waals surface area (Å²) in [6.07, 6.45) is 3.42. The third kappa shape index (κ3) is 7.28. The second kappa shape index (κ2) is 11.7. The number of hydrogen-bond acceptors (Lipinski definition) is 5. The number of aliphatic imine (C=N–C) groups is 1. The number of H-pyrrole nitrogens is 1. The summed E-state index contributed by atoms with van der Waals surface area (Å²) in [6.45, 7) is 5.47. The molecule has 29 heavy (non-hydrogen) atoms. The average molecular weight is 512 g/mol. The van der Waals surface area contributed by atoms with Crippen LogP contribution in [0, 0.1) is 0 Å². The van der Waals surface area contributed by atoms with Gasteiger partial charge in [-0.25, -0.2) is 9.98 Å². The second-order valence-electron chi connectivity index (χ2n) is 6.89. The minimum Gasteiger partial charge on any atom is -0.369 e. The lowest BCUT2D eigenvalue weighted by molar-refractivity contribution is -0.119. The van der Waals surface area contributed by atoms with Crippen LogP contribution in [0.4, 0.5) is 0 Å². The maximum absolute atomic E-state index is 11.1. The molecule has 0 saturated carbocycles. The second-order valence-corrected chi connectivity index (χ2v) is 6.89. The minimum absolute atomic E-state index is 0. The number of carbonyl (C=O) groups excluding carboxylic acids is 1. The van der Waals surface area contributed by atoms with Crippen molar-refractivity contribution in [3.05, 3.63) is 36.2 Å². The number of likely N-dealkylation sites (tertiary alicyclic amines) is 1. The van der Waals surface area contributed by atoms with Crippen molar-refractivity contribution in [2.24, 2.45) is 10.7 Å². The number of halogens is 1. The fourth-order valence-corrected chi connectivity index (χ4v) is 3.30. The van der Waals surface area contributed by atoms with Gasteiger partial charge in [0.25, 0.3) is 0 Å². The zero-order valence-electron chi connectivity index (χ0n) is 16.6. The van der Waals surface area contributed by atoms with Crippen LogP contribution in [0.25, 0.3) is 11.4 Å². The van der Waals surface area contributed by atoms with Gasteiger partial charge in [-0.05, 0) is 31.4 Å². The predicted octanol–water partition coefficient (Wildman–Crippen LogP) is 1.09. The predicted molar refractivity (Wildman–Crippen MR) is 124 cm³/mol. The molecule has 1 amide bonds. The number of carbonyl (C=O) groups is 1. The van der Waals surface area contributed by atoms with Crippen molar-refractivity contribution in [3.8, 4) is 11.4 Å². The molecule has 1 aliphatic rings. The van der Waals surface area contributed by atoms with Gasteiger partial charge in [-0.1, -0.05) is 18.2 Å². The lowest BCUT2D eigenvalue weighted by Gasteiger charge is -2.32. The monoisotopic (exact) mass is 512 g/mol. The van der Waals surface area contributed by atoms with Gasteiger partial charge in [0.15, 0.2) is 11.8 Å². The SMILES string of the molecule is CCNC(=NCc1cccc(-c2ncn[nH]2)c1)NC1CCN(CC(N)=O)CC1.I. The molecule has 1 aromatic carbocycles. The lowest BCUT2D eigenvalue weighted by atomic mass is 10.1. The molecule has 9 nitrogen and oxygen atoms in total. The maximum Gasteiger partial charge on any atom is 0.231 e. The van der Waals surface area contributed by atoms with Crippen LogP contribution in [0.2, 0.25) is 0 Å². The Morgan fingerprint density at radius 1 is 1.38 bits per heavy atom. The van der Waals surface area contributed by atoms with E-state index in [-0.39, 0.29) is 29.9 Å². The molecule has 2 aromatic rings. The van der Waals surface area contributed by atoms with E-state index in [0.717, 1.165) is 55.4 Å². The number of nitrogens with one attached hydrogen (secondary N) is 3. The van der Waals surface area contributed by atoms with E-state index >= 15 is 0 Å². The number of guanidine groups is 1. The smallest absolute Gasteiger partial charge is 0.231 e. The summed E-state index contributed by atoms with van der Waals surface area (Å²) >= 11 is 0. The Morgan fingerprint density at radius 3 is 2.83 bits per heavy atom. The number of aromatic nitrogens is 3. The van der Waals surface area contributed by atoms with Crippen LogP contribution in [-0.4, -0.2) is 64.2 Å². The molecule has 0 spiro atoms. The van der Waals surface area contributed by atoms with Gasteiger partial charge < -0.3 is 16.4 Å². The number of nitrogens with zero attached hydrogens (tertiary/aromatic N) is 4. The van der Waals surface area contributed by atoms with E-state index in [1.807, 2.05) is 12.1 Å². The molecule has 5 N–H and O–H groups in total. The molecule has 2 heterocycles. The first kappa shape index (κ1) is 23.1. The maximum atomic E-state index is 11.1. The van der Waals surface area contributed by atoms with Crippen LogP contribution < -0.4 is 16.4 Å². The third-order valence-electron chi connectivity index (χ3n) is 4.69. The van der Waals surface area contributed by atoms with E-state index in [0.29, 0.717) is 19.1 Å². The van der Waals surface area contributed by atoms with Gasteiger partial charge in [0.1, 0.15) is 6.33 Å². The highest BCUT2D eigenvalue weighted by Gasteiger charge is 2.20. The van der Waals surface area contributed by atoms with E-state index in [9.17, 15) is 4.79 Å². The largest absolute Gasteiger partial charge is 0.369 e. The van der Waals surface area contributed by atoms with Gasteiger partial charge in [0.05, 0.1) is 13.1 Å². The molecule has 0 radical (unpaired) electrons. The van der Waals surface area contributed by atoms with Gasteiger partial charge >= 0.3 is 0 Å². The van der Waals surface area contributed by atoms with E-state index in [1.165, 1.54) is 6.33 Å². The van der Waals surface area contributed by atoms with Gasteiger partial charge in [0.2, 0.25) is 5.91 Å². The van der Waals surface area contributed by atoms with Crippen molar-refractivity contribution in [1.82, 2.24) is 30.7 Å². The summed E-state index contributed by atoms with van der Waals surface area (Å²) in [7, 11) is 0. The van der Waals surface area contributed by atoms with E-state index < -0.39 is 0 Å². The lowest BCUT2D eigenvalue weighted by Crippen LogP contribution is -2.49. The minimum atomic E-state index is -0.270. The van der Waals surface area contributed by atoms with Crippen LogP contribution in [-0.2, 0) is 11.3 Å². The van der Waals surface area contributed by atoms with Gasteiger partial charge in [-0.2, -0.15) is 5.10 Å². The van der Waals surface area contributed by atoms with Crippen LogP contribution >= 0.6 is 24.0 Å². The van der Waals surface area contributed by atoms with Crippen LogP contribution in [0.15, 0.2) is 35.6 Å². The molecule has 1 fully saturated rings. The summed E-state index contributed by atoms with van der Waals surface area (Å²) < 4.78 is 0. The van der Waals surface area contributed by atoms with Crippen molar-refractivity contribution in [2.45, 2.75) is 32.4 Å². The van der Waals surface area contributed by atoms with Crippen molar-refractivity contribution >= 4 is 35.8 Å². The Bertz CT molecular complexity index is 787. The topological polar surface area (TPSA) is 124 Å². The van der Waals surface area contributed by atoms with E-state index in [1.54, 1.807) is 0 Å². The highest BCUT2D eigenvalue weighted by Crippen LogP contribution is 2.16. The fraction of sp³-hybridized carbons (Fsp3) is 0.474. The van der Waals surface area contributed by atoms with Gasteiger partial charge in [0, 0.05) is 31.2 Å². The zero-order chi connectivity index (χ0) is 19.8. The van der Waals surface area contributed by atoms with Gasteiger partial charge in [-0.3, -0.25) is 14.8 Å². The first-order chi connectivity index (χ1) is 13.6. The van der Waals surface area contributed by atoms with E-state index in [4.69, 9.17) is 10.7 Å². The zero-order valence-corrected chi connectivity index (χ0v) is 18.9. The molecule has 3 rings (SSSR count). The average Bonchev–Trinajstić information content (AvgIpc) is 3.22. The number of hydrogen-bond donors (Lipinski definition) is 4. The number of piperidine rings is 1. The van der Waals surface area contributed by atoms with Crippen molar-refractivity contribution in [3.63, 3.8) is 0 Å². The van der Waals surface area contributed by atoms with E-state index in [2.05, 4.69) is 49.8 Å². The standard InChI is InChI=1S/C19H28N8O.HI/c1-2-21-19(25-16-6-8-27(9-7-16)12-17(20)28)22-11-14-4-3-5-15(10-14)18-23-13-24-26-18;/h3-5,10,13,16H,2,6-9,11-12H2,1H3,(H2,20,28)(H2,21,22,25)(H,23,24,26);1H. The first-order valence-corrected chi connectivity index (χ1v) is 9.64.